The van der Waals surface area contributed by atoms with Crippen LogP contribution in [0.3, 0.4) is 0 Å². The summed E-state index contributed by atoms with van der Waals surface area (Å²) in [6, 6.07) is 10.0. The number of hydrogen-bond acceptors (Lipinski definition) is 3. The van der Waals surface area contributed by atoms with Crippen molar-refractivity contribution in [2.24, 2.45) is 0 Å². The molecule has 1 saturated heterocycles. The van der Waals surface area contributed by atoms with Crippen molar-refractivity contribution in [3.8, 4) is 0 Å². The maximum absolute atomic E-state index is 11.7. The molecular formula is C14H18N2O2S. The molecule has 4 nitrogen and oxygen atoms in total. The Kier molecular flexibility index (Phi) is 4.85. The molecule has 1 fully saturated rings. The van der Waals surface area contributed by atoms with E-state index in [1.807, 2.05) is 30.3 Å². The van der Waals surface area contributed by atoms with Gasteiger partial charge in [0.25, 0.3) is 0 Å². The summed E-state index contributed by atoms with van der Waals surface area (Å²) in [7, 11) is 1.76. The molecule has 1 heterocycles. The third kappa shape index (κ3) is 4.28. The predicted molar refractivity (Wildman–Crippen MR) is 76.0 cm³/mol. The Labute approximate surface area is 117 Å². The monoisotopic (exact) mass is 278 g/mol. The van der Waals surface area contributed by atoms with Gasteiger partial charge in [0.15, 0.2) is 0 Å². The second-order valence-electron chi connectivity index (χ2n) is 4.65. The maximum Gasteiger partial charge on any atom is 0.224 e. The van der Waals surface area contributed by atoms with Gasteiger partial charge in [-0.1, -0.05) is 18.2 Å². The summed E-state index contributed by atoms with van der Waals surface area (Å²) in [6.45, 7) is 0.621. The summed E-state index contributed by atoms with van der Waals surface area (Å²) in [5.41, 5.74) is 0. The van der Waals surface area contributed by atoms with Gasteiger partial charge in [-0.3, -0.25) is 9.59 Å². The zero-order chi connectivity index (χ0) is 13.7. The molecule has 1 atom stereocenters. The molecule has 0 spiro atoms. The summed E-state index contributed by atoms with van der Waals surface area (Å²) in [5.74, 6) is 0.882. The largest absolute Gasteiger partial charge is 0.351 e. The van der Waals surface area contributed by atoms with E-state index in [1.54, 1.807) is 23.7 Å². The van der Waals surface area contributed by atoms with Crippen LogP contribution in [0.4, 0.5) is 0 Å². The van der Waals surface area contributed by atoms with Gasteiger partial charge in [-0.2, -0.15) is 0 Å². The molecule has 1 aliphatic rings. The van der Waals surface area contributed by atoms with Crippen LogP contribution in [0.15, 0.2) is 35.2 Å². The van der Waals surface area contributed by atoms with Gasteiger partial charge in [0.1, 0.15) is 0 Å². The van der Waals surface area contributed by atoms with Crippen LogP contribution in [0, 0.1) is 0 Å². The molecule has 1 aromatic carbocycles. The highest BCUT2D eigenvalue weighted by Crippen LogP contribution is 2.17. The number of amides is 2. The topological polar surface area (TPSA) is 49.4 Å². The van der Waals surface area contributed by atoms with Crippen LogP contribution in [0.5, 0.6) is 0 Å². The number of likely N-dealkylation sites (tertiary alicyclic amines) is 1. The van der Waals surface area contributed by atoms with Gasteiger partial charge in [0.2, 0.25) is 11.8 Å². The lowest BCUT2D eigenvalue weighted by Crippen LogP contribution is -2.36. The molecule has 1 aliphatic heterocycles. The van der Waals surface area contributed by atoms with Crippen molar-refractivity contribution in [3.63, 3.8) is 0 Å². The van der Waals surface area contributed by atoms with Crippen LogP contribution < -0.4 is 5.32 Å². The van der Waals surface area contributed by atoms with E-state index in [-0.39, 0.29) is 17.9 Å². The van der Waals surface area contributed by atoms with Crippen molar-refractivity contribution in [1.82, 2.24) is 10.2 Å². The van der Waals surface area contributed by atoms with E-state index in [9.17, 15) is 9.59 Å². The molecule has 5 heteroatoms. The fraction of sp³-hybridized carbons (Fsp3) is 0.429. The normalized spacial score (nSPS) is 18.7. The van der Waals surface area contributed by atoms with E-state index in [0.717, 1.165) is 5.75 Å². The van der Waals surface area contributed by atoms with E-state index in [0.29, 0.717) is 19.4 Å². The molecule has 19 heavy (non-hydrogen) atoms. The number of thioether (sulfide) groups is 1. The summed E-state index contributed by atoms with van der Waals surface area (Å²) >= 11 is 1.67. The Morgan fingerprint density at radius 1 is 1.42 bits per heavy atom. The Hall–Kier alpha value is -1.49. The third-order valence-electron chi connectivity index (χ3n) is 3.05. The second-order valence-corrected chi connectivity index (χ2v) is 5.82. The summed E-state index contributed by atoms with van der Waals surface area (Å²) in [6.07, 6.45) is 0.905. The number of hydrogen-bond donors (Lipinski definition) is 1. The molecule has 2 rings (SSSR count). The van der Waals surface area contributed by atoms with E-state index in [1.165, 1.54) is 4.90 Å². The number of carbonyl (C=O) groups is 2. The first-order valence-corrected chi connectivity index (χ1v) is 7.35. The highest BCUT2D eigenvalue weighted by molar-refractivity contribution is 7.99. The van der Waals surface area contributed by atoms with Crippen molar-refractivity contribution in [2.75, 3.05) is 19.3 Å². The number of rotatable bonds is 5. The minimum absolute atomic E-state index is 0.0216. The number of benzene rings is 1. The molecule has 0 aliphatic carbocycles. The smallest absolute Gasteiger partial charge is 0.224 e. The van der Waals surface area contributed by atoms with Gasteiger partial charge in [-0.25, -0.2) is 0 Å². The van der Waals surface area contributed by atoms with Gasteiger partial charge in [0, 0.05) is 37.1 Å². The van der Waals surface area contributed by atoms with E-state index >= 15 is 0 Å². The van der Waals surface area contributed by atoms with Crippen LogP contribution >= 0.6 is 11.8 Å². The Morgan fingerprint density at radius 2 is 2.16 bits per heavy atom. The zero-order valence-corrected chi connectivity index (χ0v) is 11.8. The van der Waals surface area contributed by atoms with Gasteiger partial charge in [-0.15, -0.1) is 11.8 Å². The van der Waals surface area contributed by atoms with E-state index < -0.39 is 0 Å². The number of carbonyl (C=O) groups excluding carboxylic acids is 2. The second kappa shape index (κ2) is 6.61. The lowest BCUT2D eigenvalue weighted by Gasteiger charge is -2.12. The Morgan fingerprint density at radius 3 is 2.79 bits per heavy atom. The van der Waals surface area contributed by atoms with Crippen molar-refractivity contribution in [3.05, 3.63) is 30.3 Å². The minimum atomic E-state index is -0.0216. The van der Waals surface area contributed by atoms with E-state index in [2.05, 4.69) is 5.32 Å². The van der Waals surface area contributed by atoms with E-state index in [4.69, 9.17) is 0 Å². The third-order valence-corrected chi connectivity index (χ3v) is 4.06. The van der Waals surface area contributed by atoms with Crippen LogP contribution in [0.1, 0.15) is 12.8 Å². The van der Waals surface area contributed by atoms with Crippen LogP contribution in [-0.4, -0.2) is 42.1 Å². The first-order valence-electron chi connectivity index (χ1n) is 6.36. The minimum Gasteiger partial charge on any atom is -0.351 e. The van der Waals surface area contributed by atoms with Crippen LogP contribution in [0.2, 0.25) is 0 Å². The quantitative estimate of drug-likeness (QED) is 0.831. The highest BCUT2D eigenvalue weighted by Gasteiger charge is 2.27. The number of nitrogens with zero attached hydrogens (tertiary/aromatic N) is 1. The average molecular weight is 278 g/mol. The van der Waals surface area contributed by atoms with Gasteiger partial charge in [0.05, 0.1) is 6.04 Å². The fourth-order valence-corrected chi connectivity index (χ4v) is 2.91. The molecule has 0 unspecified atom stereocenters. The first-order chi connectivity index (χ1) is 9.15. The van der Waals surface area contributed by atoms with Gasteiger partial charge < -0.3 is 10.2 Å². The lowest BCUT2D eigenvalue weighted by molar-refractivity contribution is -0.126. The van der Waals surface area contributed by atoms with Crippen molar-refractivity contribution >= 4 is 23.6 Å². The molecule has 0 saturated carbocycles. The molecule has 0 radical (unpaired) electrons. The SMILES string of the molecule is CN1C[C@@H](NC(=O)CCSc2ccccc2)CC1=O. The lowest BCUT2D eigenvalue weighted by atomic mass is 10.2. The molecule has 102 valence electrons. The molecule has 1 N–H and O–H groups in total. The van der Waals surface area contributed by atoms with Gasteiger partial charge in [-0.05, 0) is 12.1 Å². The van der Waals surface area contributed by atoms with Crippen molar-refractivity contribution in [1.29, 1.82) is 0 Å². The number of likely N-dealkylation sites (N-methyl/N-ethyl adjacent to an activating group) is 1. The molecular weight excluding hydrogens is 260 g/mol. The molecule has 1 aromatic rings. The molecule has 0 aromatic heterocycles. The fourth-order valence-electron chi connectivity index (χ4n) is 2.04. The molecule has 2 amide bonds. The molecule has 0 bridgehead atoms. The summed E-state index contributed by atoms with van der Waals surface area (Å²) in [4.78, 5) is 25.9. The first kappa shape index (κ1) is 13.9. The van der Waals surface area contributed by atoms with Crippen molar-refractivity contribution < 1.29 is 9.59 Å². The summed E-state index contributed by atoms with van der Waals surface area (Å²) in [5, 5.41) is 2.91. The Bertz CT molecular complexity index is 450. The summed E-state index contributed by atoms with van der Waals surface area (Å²) < 4.78 is 0. The van der Waals surface area contributed by atoms with Crippen LogP contribution in [0.25, 0.3) is 0 Å². The van der Waals surface area contributed by atoms with Gasteiger partial charge >= 0.3 is 0 Å². The number of nitrogens with one attached hydrogen (secondary N) is 1. The van der Waals surface area contributed by atoms with Crippen molar-refractivity contribution in [2.45, 2.75) is 23.8 Å². The average Bonchev–Trinajstić information content (AvgIpc) is 2.69. The van der Waals surface area contributed by atoms with Crippen LogP contribution in [-0.2, 0) is 9.59 Å². The highest BCUT2D eigenvalue weighted by atomic mass is 32.2. The maximum atomic E-state index is 11.7. The Balaban J connectivity index is 1.67. The predicted octanol–water partition coefficient (Wildman–Crippen LogP) is 1.52. The standard InChI is InChI=1S/C14H18N2O2S/c1-16-10-11(9-14(16)18)15-13(17)7-8-19-12-5-3-2-4-6-12/h2-6,11H,7-10H2,1H3,(H,15,17)/t11-/m0/s1. The zero-order valence-electron chi connectivity index (χ0n) is 11.0.